The average Bonchev–Trinajstić information content (AvgIpc) is 2.05. The summed E-state index contributed by atoms with van der Waals surface area (Å²) >= 11 is 17.1. The van der Waals surface area contributed by atoms with Gasteiger partial charge in [-0.3, -0.25) is 0 Å². The fraction of sp³-hybridized carbons (Fsp3) is 0.143. The zero-order valence-corrected chi connectivity index (χ0v) is 9.15. The van der Waals surface area contributed by atoms with Crippen molar-refractivity contribution >= 4 is 46.4 Å². The van der Waals surface area contributed by atoms with E-state index < -0.39 is 7.42 Å². The van der Waals surface area contributed by atoms with Crippen LogP contribution in [0.25, 0.3) is 0 Å². The highest BCUT2D eigenvalue weighted by molar-refractivity contribution is 7.39. The summed E-state index contributed by atoms with van der Waals surface area (Å²) in [5.74, 6) is 0.539. The molecule has 0 heterocycles. The molecule has 0 fully saturated rings. The van der Waals surface area contributed by atoms with Gasteiger partial charge < -0.3 is 0 Å². The summed E-state index contributed by atoms with van der Waals surface area (Å²) in [5.41, 5.74) is 1.10. The number of hydrogen-bond donors (Lipinski definition) is 0. The Morgan fingerprint density at radius 3 is 2.00 bits per heavy atom. The SMILES string of the molecule is ClCc1ccc([SiH](Cl)Cl)cc1. The standard InChI is InChI=1S/C7H7Cl3Si/c8-5-6-1-3-7(4-2-6)11(9)10/h1-4,11H,5H2. The summed E-state index contributed by atoms with van der Waals surface area (Å²) in [6.07, 6.45) is 0. The second-order valence-electron chi connectivity index (χ2n) is 2.18. The number of benzene rings is 1. The van der Waals surface area contributed by atoms with Gasteiger partial charge >= 0.3 is 0 Å². The van der Waals surface area contributed by atoms with Crippen molar-refractivity contribution in [3.63, 3.8) is 0 Å². The lowest BCUT2D eigenvalue weighted by atomic mass is 10.2. The largest absolute Gasteiger partial charge is 0.266 e. The van der Waals surface area contributed by atoms with Gasteiger partial charge in [0.2, 0.25) is 0 Å². The molecule has 0 unspecified atom stereocenters. The van der Waals surface area contributed by atoms with E-state index in [0.717, 1.165) is 10.8 Å². The molecule has 0 N–H and O–H groups in total. The van der Waals surface area contributed by atoms with Gasteiger partial charge in [0, 0.05) is 5.88 Å². The molecular weight excluding hydrogens is 219 g/mol. The molecule has 0 saturated heterocycles. The van der Waals surface area contributed by atoms with Crippen LogP contribution in [0.1, 0.15) is 5.56 Å². The Balaban J connectivity index is 2.83. The van der Waals surface area contributed by atoms with Crippen LogP contribution in [0.3, 0.4) is 0 Å². The predicted molar refractivity (Wildman–Crippen MR) is 54.5 cm³/mol. The molecule has 0 aliphatic heterocycles. The van der Waals surface area contributed by atoms with E-state index in [-0.39, 0.29) is 0 Å². The van der Waals surface area contributed by atoms with Gasteiger partial charge in [-0.2, -0.15) is 0 Å². The number of halogens is 3. The third kappa shape index (κ3) is 2.67. The second kappa shape index (κ2) is 4.36. The molecule has 0 bridgehead atoms. The summed E-state index contributed by atoms with van der Waals surface area (Å²) in [4.78, 5) is 0. The highest BCUT2D eigenvalue weighted by Gasteiger charge is 2.04. The van der Waals surface area contributed by atoms with Crippen LogP contribution in [-0.4, -0.2) is 7.42 Å². The molecule has 1 aromatic carbocycles. The third-order valence-electron chi connectivity index (χ3n) is 1.39. The molecule has 1 aromatic rings. The number of alkyl halides is 1. The van der Waals surface area contributed by atoms with E-state index in [4.69, 9.17) is 33.8 Å². The van der Waals surface area contributed by atoms with Crippen molar-refractivity contribution in [2.45, 2.75) is 5.88 Å². The maximum atomic E-state index is 5.77. The van der Waals surface area contributed by atoms with Crippen LogP contribution in [-0.2, 0) is 5.88 Å². The average molecular weight is 226 g/mol. The maximum absolute atomic E-state index is 5.77. The van der Waals surface area contributed by atoms with Gasteiger partial charge in [-0.15, -0.1) is 33.8 Å². The first-order valence-electron chi connectivity index (χ1n) is 3.17. The molecule has 0 spiro atoms. The van der Waals surface area contributed by atoms with Crippen LogP contribution in [0, 0.1) is 0 Å². The van der Waals surface area contributed by atoms with Crippen LogP contribution >= 0.6 is 33.8 Å². The van der Waals surface area contributed by atoms with E-state index in [1.54, 1.807) is 0 Å². The third-order valence-corrected chi connectivity index (χ3v) is 4.10. The van der Waals surface area contributed by atoms with E-state index in [1.807, 2.05) is 24.3 Å². The zero-order valence-electron chi connectivity index (χ0n) is 5.73. The zero-order chi connectivity index (χ0) is 8.27. The molecule has 0 aliphatic rings. The molecule has 0 nitrogen and oxygen atoms in total. The minimum atomic E-state index is -1.66. The van der Waals surface area contributed by atoms with Crippen LogP contribution in [0.4, 0.5) is 0 Å². The minimum absolute atomic E-state index is 0.539. The highest BCUT2D eigenvalue weighted by atomic mass is 35.7. The van der Waals surface area contributed by atoms with Crippen LogP contribution in [0.2, 0.25) is 0 Å². The molecule has 0 radical (unpaired) electrons. The van der Waals surface area contributed by atoms with Gasteiger partial charge in [0.1, 0.15) is 0 Å². The summed E-state index contributed by atoms with van der Waals surface area (Å²) in [7, 11) is -1.66. The monoisotopic (exact) mass is 224 g/mol. The Bertz CT molecular complexity index is 220. The molecule has 11 heavy (non-hydrogen) atoms. The van der Waals surface area contributed by atoms with Gasteiger partial charge in [-0.25, -0.2) is 0 Å². The minimum Gasteiger partial charge on any atom is -0.144 e. The summed E-state index contributed by atoms with van der Waals surface area (Å²) in [6.45, 7) is 0. The Morgan fingerprint density at radius 2 is 1.64 bits per heavy atom. The summed E-state index contributed by atoms with van der Waals surface area (Å²) in [5, 5.41) is 1.04. The molecule has 0 atom stereocenters. The molecule has 0 aliphatic carbocycles. The molecule has 1 rings (SSSR count). The first-order chi connectivity index (χ1) is 5.24. The van der Waals surface area contributed by atoms with E-state index >= 15 is 0 Å². The molecule has 4 heteroatoms. The molecule has 0 amide bonds. The predicted octanol–water partition coefficient (Wildman–Crippen LogP) is 2.33. The molecule has 0 aromatic heterocycles. The quantitative estimate of drug-likeness (QED) is 0.412. The van der Waals surface area contributed by atoms with Crippen LogP contribution < -0.4 is 5.19 Å². The van der Waals surface area contributed by atoms with Gasteiger partial charge in [-0.1, -0.05) is 24.3 Å². The topological polar surface area (TPSA) is 0 Å². The lowest BCUT2D eigenvalue weighted by molar-refractivity contribution is 1.41. The van der Waals surface area contributed by atoms with Crippen molar-refractivity contribution in [1.82, 2.24) is 0 Å². The lowest BCUT2D eigenvalue weighted by Crippen LogP contribution is -2.17. The summed E-state index contributed by atoms with van der Waals surface area (Å²) < 4.78 is 0. The van der Waals surface area contributed by atoms with E-state index in [9.17, 15) is 0 Å². The van der Waals surface area contributed by atoms with Crippen molar-refractivity contribution < 1.29 is 0 Å². The highest BCUT2D eigenvalue weighted by Crippen LogP contribution is 2.03. The Labute approximate surface area is 82.1 Å². The van der Waals surface area contributed by atoms with Crippen LogP contribution in [0.5, 0.6) is 0 Å². The Hall–Kier alpha value is 0.307. The van der Waals surface area contributed by atoms with Gasteiger partial charge in [0.15, 0.2) is 0 Å². The lowest BCUT2D eigenvalue weighted by Gasteiger charge is -1.99. The normalized spacial score (nSPS) is 10.5. The fourth-order valence-electron chi connectivity index (χ4n) is 0.752. The van der Waals surface area contributed by atoms with Gasteiger partial charge in [0.05, 0.1) is 0 Å². The van der Waals surface area contributed by atoms with Crippen molar-refractivity contribution in [2.75, 3.05) is 0 Å². The van der Waals surface area contributed by atoms with E-state index in [0.29, 0.717) is 5.88 Å². The van der Waals surface area contributed by atoms with E-state index in [2.05, 4.69) is 0 Å². The summed E-state index contributed by atoms with van der Waals surface area (Å²) in [6, 6.07) is 7.78. The second-order valence-corrected chi connectivity index (χ2v) is 7.00. The Kier molecular flexibility index (Phi) is 3.73. The molecule has 0 saturated carbocycles. The van der Waals surface area contributed by atoms with Crippen molar-refractivity contribution in [1.29, 1.82) is 0 Å². The maximum Gasteiger partial charge on any atom is 0.266 e. The number of hydrogen-bond acceptors (Lipinski definition) is 0. The van der Waals surface area contributed by atoms with Crippen molar-refractivity contribution in [3.05, 3.63) is 29.8 Å². The van der Waals surface area contributed by atoms with Crippen molar-refractivity contribution in [2.24, 2.45) is 0 Å². The molecular formula is C7H7Cl3Si. The Morgan fingerprint density at radius 1 is 1.09 bits per heavy atom. The fourth-order valence-corrected chi connectivity index (χ4v) is 2.29. The van der Waals surface area contributed by atoms with Crippen LogP contribution in [0.15, 0.2) is 24.3 Å². The molecule has 60 valence electrons. The van der Waals surface area contributed by atoms with Gasteiger partial charge in [-0.05, 0) is 10.8 Å². The number of rotatable bonds is 2. The first-order valence-corrected chi connectivity index (χ1v) is 7.77. The van der Waals surface area contributed by atoms with Gasteiger partial charge in [0.25, 0.3) is 7.42 Å². The van der Waals surface area contributed by atoms with Crippen molar-refractivity contribution in [3.8, 4) is 0 Å². The first kappa shape index (κ1) is 9.40. The smallest absolute Gasteiger partial charge is 0.144 e. The van der Waals surface area contributed by atoms with E-state index in [1.165, 1.54) is 0 Å².